The summed E-state index contributed by atoms with van der Waals surface area (Å²) in [7, 11) is 0. The van der Waals surface area contributed by atoms with E-state index < -0.39 is 0 Å². The van der Waals surface area contributed by atoms with Crippen molar-refractivity contribution in [3.63, 3.8) is 0 Å². The van der Waals surface area contributed by atoms with Crippen LogP contribution in [0.4, 0.5) is 5.82 Å². The second-order valence-electron chi connectivity index (χ2n) is 4.02. The Balaban J connectivity index is 1.76. The van der Waals surface area contributed by atoms with Gasteiger partial charge in [0.1, 0.15) is 5.82 Å². The fourth-order valence-electron chi connectivity index (χ4n) is 1.92. The molecule has 92 valence electrons. The quantitative estimate of drug-likeness (QED) is 0.782. The predicted octanol–water partition coefficient (Wildman–Crippen LogP) is 2.97. The van der Waals surface area contributed by atoms with E-state index in [2.05, 4.69) is 33.8 Å². The van der Waals surface area contributed by atoms with Gasteiger partial charge in [-0.3, -0.25) is 0 Å². The third-order valence-corrected chi connectivity index (χ3v) is 3.87. The van der Waals surface area contributed by atoms with Crippen LogP contribution in [0.2, 0.25) is 0 Å². The fourth-order valence-corrected chi connectivity index (χ4v) is 2.83. The Morgan fingerprint density at radius 1 is 1.33 bits per heavy atom. The summed E-state index contributed by atoms with van der Waals surface area (Å²) in [6.45, 7) is 3.01. The molecule has 3 rings (SSSR count). The van der Waals surface area contributed by atoms with Gasteiger partial charge in [0.25, 0.3) is 0 Å². The molecule has 3 aromatic heterocycles. The zero-order valence-electron chi connectivity index (χ0n) is 10.1. The Bertz CT molecular complexity index is 656. The van der Waals surface area contributed by atoms with Gasteiger partial charge in [0.05, 0.1) is 12.7 Å². The van der Waals surface area contributed by atoms with E-state index in [9.17, 15) is 0 Å². The van der Waals surface area contributed by atoms with Crippen LogP contribution >= 0.6 is 11.3 Å². The Kier molecular flexibility index (Phi) is 2.98. The minimum atomic E-state index is 0.831. The predicted molar refractivity (Wildman–Crippen MR) is 74.0 cm³/mol. The van der Waals surface area contributed by atoms with Gasteiger partial charge in [-0.15, -0.1) is 11.3 Å². The number of hydrogen-bond acceptors (Lipinski definition) is 4. The van der Waals surface area contributed by atoms with Crippen LogP contribution in [0, 0.1) is 0 Å². The number of aromatic nitrogens is 3. The summed E-state index contributed by atoms with van der Waals surface area (Å²) in [4.78, 5) is 5.87. The Morgan fingerprint density at radius 2 is 2.28 bits per heavy atom. The summed E-state index contributed by atoms with van der Waals surface area (Å²) in [5.74, 6) is 0.887. The number of anilines is 1. The summed E-state index contributed by atoms with van der Waals surface area (Å²) < 4.78 is 1.76. The first-order valence-corrected chi connectivity index (χ1v) is 6.84. The van der Waals surface area contributed by atoms with Gasteiger partial charge in [-0.2, -0.15) is 5.10 Å². The van der Waals surface area contributed by atoms with E-state index in [1.54, 1.807) is 22.0 Å². The van der Waals surface area contributed by atoms with E-state index in [0.29, 0.717) is 0 Å². The number of rotatable bonds is 4. The third-order valence-electron chi connectivity index (χ3n) is 2.91. The number of thiophene rings is 1. The molecule has 0 radical (unpaired) electrons. The largest absolute Gasteiger partial charge is 0.365 e. The minimum absolute atomic E-state index is 0.831. The highest BCUT2D eigenvalue weighted by Crippen LogP contribution is 2.18. The highest BCUT2D eigenvalue weighted by molar-refractivity contribution is 7.10. The van der Waals surface area contributed by atoms with E-state index in [1.807, 2.05) is 18.3 Å². The third kappa shape index (κ3) is 2.09. The van der Waals surface area contributed by atoms with Gasteiger partial charge >= 0.3 is 0 Å². The molecule has 0 unspecified atom stereocenters. The normalized spacial score (nSPS) is 10.9. The van der Waals surface area contributed by atoms with Crippen molar-refractivity contribution in [2.75, 3.05) is 5.32 Å². The zero-order valence-corrected chi connectivity index (χ0v) is 10.9. The highest BCUT2D eigenvalue weighted by Gasteiger charge is 2.03. The Morgan fingerprint density at radius 3 is 3.17 bits per heavy atom. The van der Waals surface area contributed by atoms with Gasteiger partial charge in [0, 0.05) is 17.1 Å². The molecule has 0 fully saturated rings. The summed E-state index contributed by atoms with van der Waals surface area (Å²) in [5, 5.41) is 9.63. The Labute approximate surface area is 109 Å². The van der Waals surface area contributed by atoms with Gasteiger partial charge in [-0.05, 0) is 29.5 Å². The average molecular weight is 258 g/mol. The number of nitrogens with one attached hydrogen (secondary N) is 1. The molecular formula is C13H14N4S. The van der Waals surface area contributed by atoms with Crippen LogP contribution in [0.1, 0.15) is 17.4 Å². The van der Waals surface area contributed by atoms with Gasteiger partial charge < -0.3 is 5.32 Å². The Hall–Kier alpha value is -1.88. The molecule has 0 saturated carbocycles. The van der Waals surface area contributed by atoms with Crippen LogP contribution < -0.4 is 5.32 Å². The molecule has 5 heteroatoms. The van der Waals surface area contributed by atoms with E-state index in [0.717, 1.165) is 24.4 Å². The first kappa shape index (κ1) is 11.2. The SMILES string of the molecule is CCc1ccsc1CNc1ccn2nccc2n1. The lowest BCUT2D eigenvalue weighted by Crippen LogP contribution is -2.02. The molecule has 0 bridgehead atoms. The van der Waals surface area contributed by atoms with Gasteiger partial charge in [0.2, 0.25) is 0 Å². The number of nitrogens with zero attached hydrogens (tertiary/aromatic N) is 3. The second kappa shape index (κ2) is 4.78. The van der Waals surface area contributed by atoms with E-state index in [1.165, 1.54) is 10.4 Å². The maximum absolute atomic E-state index is 4.48. The van der Waals surface area contributed by atoms with Crippen molar-refractivity contribution in [2.45, 2.75) is 19.9 Å². The van der Waals surface area contributed by atoms with Crippen LogP contribution in [0.5, 0.6) is 0 Å². The molecular weight excluding hydrogens is 244 g/mol. The van der Waals surface area contributed by atoms with Crippen molar-refractivity contribution >= 4 is 22.8 Å². The molecule has 3 heterocycles. The second-order valence-corrected chi connectivity index (χ2v) is 5.02. The molecule has 0 saturated heterocycles. The summed E-state index contributed by atoms with van der Waals surface area (Å²) in [5.41, 5.74) is 2.28. The van der Waals surface area contributed by atoms with Crippen molar-refractivity contribution < 1.29 is 0 Å². The topological polar surface area (TPSA) is 42.2 Å². The lowest BCUT2D eigenvalue weighted by molar-refractivity contribution is 0.936. The van der Waals surface area contributed by atoms with Crippen molar-refractivity contribution in [2.24, 2.45) is 0 Å². The van der Waals surface area contributed by atoms with Crippen molar-refractivity contribution in [3.8, 4) is 0 Å². The van der Waals surface area contributed by atoms with E-state index in [4.69, 9.17) is 0 Å². The smallest absolute Gasteiger partial charge is 0.157 e. The summed E-state index contributed by atoms with van der Waals surface area (Å²) in [6, 6.07) is 6.03. The molecule has 0 amide bonds. The van der Waals surface area contributed by atoms with Gasteiger partial charge in [-0.25, -0.2) is 9.50 Å². The van der Waals surface area contributed by atoms with Gasteiger partial charge in [0.15, 0.2) is 5.65 Å². The standard InChI is InChI=1S/C13H14N4S/c1-2-10-5-8-18-11(10)9-14-12-4-7-17-13(16-12)3-6-15-17/h3-8H,2,9H2,1H3,(H,14,16). The lowest BCUT2D eigenvalue weighted by Gasteiger charge is -2.06. The molecule has 18 heavy (non-hydrogen) atoms. The van der Waals surface area contributed by atoms with Crippen LogP contribution in [-0.2, 0) is 13.0 Å². The molecule has 0 atom stereocenters. The highest BCUT2D eigenvalue weighted by atomic mass is 32.1. The maximum atomic E-state index is 4.48. The molecule has 4 nitrogen and oxygen atoms in total. The minimum Gasteiger partial charge on any atom is -0.365 e. The van der Waals surface area contributed by atoms with E-state index >= 15 is 0 Å². The van der Waals surface area contributed by atoms with Crippen molar-refractivity contribution in [1.29, 1.82) is 0 Å². The first-order chi connectivity index (χ1) is 8.86. The molecule has 1 N–H and O–H groups in total. The molecule has 3 aromatic rings. The maximum Gasteiger partial charge on any atom is 0.157 e. The van der Waals surface area contributed by atoms with Crippen molar-refractivity contribution in [1.82, 2.24) is 14.6 Å². The first-order valence-electron chi connectivity index (χ1n) is 5.96. The molecule has 0 aliphatic heterocycles. The monoisotopic (exact) mass is 258 g/mol. The molecule has 0 aromatic carbocycles. The molecule has 0 aliphatic rings. The number of hydrogen-bond donors (Lipinski definition) is 1. The average Bonchev–Trinajstić information content (AvgIpc) is 3.04. The van der Waals surface area contributed by atoms with Crippen LogP contribution in [0.15, 0.2) is 36.0 Å². The number of fused-ring (bicyclic) bond motifs is 1. The van der Waals surface area contributed by atoms with Crippen molar-refractivity contribution in [3.05, 3.63) is 46.4 Å². The lowest BCUT2D eigenvalue weighted by atomic mass is 10.2. The zero-order chi connectivity index (χ0) is 12.4. The van der Waals surface area contributed by atoms with Crippen LogP contribution in [0.25, 0.3) is 5.65 Å². The van der Waals surface area contributed by atoms with Gasteiger partial charge in [-0.1, -0.05) is 6.92 Å². The molecule has 0 aliphatic carbocycles. The van der Waals surface area contributed by atoms with Crippen LogP contribution in [0.3, 0.4) is 0 Å². The van der Waals surface area contributed by atoms with E-state index in [-0.39, 0.29) is 0 Å². The fraction of sp³-hybridized carbons (Fsp3) is 0.231. The summed E-state index contributed by atoms with van der Waals surface area (Å²) >= 11 is 1.79. The number of aryl methyl sites for hydroxylation is 1. The molecule has 0 spiro atoms. The van der Waals surface area contributed by atoms with Crippen LogP contribution in [-0.4, -0.2) is 14.6 Å². The summed E-state index contributed by atoms with van der Waals surface area (Å²) in [6.07, 6.45) is 4.75.